The van der Waals surface area contributed by atoms with Crippen LogP contribution in [-0.2, 0) is 0 Å². The Balaban J connectivity index is 1.75. The van der Waals surface area contributed by atoms with Gasteiger partial charge in [0.15, 0.2) is 0 Å². The summed E-state index contributed by atoms with van der Waals surface area (Å²) in [6, 6.07) is 14.5. The normalized spacial score (nSPS) is 10.1. The lowest BCUT2D eigenvalue weighted by Crippen LogP contribution is -2.10. The Morgan fingerprint density at radius 3 is 2.57 bits per heavy atom. The van der Waals surface area contributed by atoms with Gasteiger partial charge < -0.3 is 15.2 Å². The minimum atomic E-state index is -0.927. The minimum Gasteiger partial charge on any atom is -0.494 e. The summed E-state index contributed by atoms with van der Waals surface area (Å²) in [5.74, 6) is -0.103. The first-order valence-corrected chi connectivity index (χ1v) is 7.40. The molecule has 2 N–H and O–H groups in total. The second-order valence-electron chi connectivity index (χ2n) is 4.43. The molecule has 2 aromatic carbocycles. The zero-order valence-corrected chi connectivity index (χ0v) is 13.0. The summed E-state index contributed by atoms with van der Waals surface area (Å²) in [4.78, 5) is 11.1. The van der Waals surface area contributed by atoms with Gasteiger partial charge >= 0.3 is 5.97 Å². The molecule has 21 heavy (non-hydrogen) atoms. The Bertz CT molecular complexity index is 599. The summed E-state index contributed by atoms with van der Waals surface area (Å²) >= 11 is 3.37. The number of para-hydroxylation sites is 1. The number of carbonyl (C=O) groups is 1. The molecule has 0 heterocycles. The minimum absolute atomic E-state index is 0.284. The molecule has 0 fully saturated rings. The lowest BCUT2D eigenvalue weighted by Gasteiger charge is -2.10. The summed E-state index contributed by atoms with van der Waals surface area (Å²) in [5, 5.41) is 12.2. The van der Waals surface area contributed by atoms with Crippen molar-refractivity contribution in [2.45, 2.75) is 6.42 Å². The van der Waals surface area contributed by atoms with Gasteiger partial charge in [0.25, 0.3) is 0 Å². The molecular weight excluding hydrogens is 334 g/mol. The lowest BCUT2D eigenvalue weighted by molar-refractivity contribution is 0.0698. The van der Waals surface area contributed by atoms with Gasteiger partial charge in [-0.1, -0.05) is 28.1 Å². The fourth-order valence-corrected chi connectivity index (χ4v) is 2.10. The zero-order valence-electron chi connectivity index (χ0n) is 11.4. The number of nitrogens with one attached hydrogen (secondary N) is 1. The number of halogens is 1. The number of rotatable bonds is 7. The summed E-state index contributed by atoms with van der Waals surface area (Å²) in [6.45, 7) is 1.23. The highest BCUT2D eigenvalue weighted by atomic mass is 79.9. The van der Waals surface area contributed by atoms with E-state index in [2.05, 4.69) is 21.2 Å². The van der Waals surface area contributed by atoms with E-state index in [-0.39, 0.29) is 5.56 Å². The average Bonchev–Trinajstić information content (AvgIpc) is 2.49. The molecule has 110 valence electrons. The van der Waals surface area contributed by atoms with Gasteiger partial charge in [-0.05, 0) is 42.8 Å². The lowest BCUT2D eigenvalue weighted by atomic mass is 10.2. The Morgan fingerprint density at radius 1 is 1.14 bits per heavy atom. The average molecular weight is 350 g/mol. The maximum atomic E-state index is 11.1. The van der Waals surface area contributed by atoms with Crippen LogP contribution in [0.15, 0.2) is 53.0 Å². The number of carboxylic acid groups (broad SMARTS) is 1. The van der Waals surface area contributed by atoms with E-state index in [9.17, 15) is 4.79 Å². The molecule has 0 bridgehead atoms. The highest BCUT2D eigenvalue weighted by Gasteiger charge is 2.07. The predicted octanol–water partition coefficient (Wildman–Crippen LogP) is 4.03. The Hall–Kier alpha value is -2.01. The first-order chi connectivity index (χ1) is 10.2. The van der Waals surface area contributed by atoms with E-state index in [1.807, 2.05) is 30.3 Å². The monoisotopic (exact) mass is 349 g/mol. The summed E-state index contributed by atoms with van der Waals surface area (Å²) in [7, 11) is 0. The molecule has 0 aliphatic heterocycles. The SMILES string of the molecule is O=C(O)c1ccccc1NCCCOc1ccc(Br)cc1. The first kappa shape index (κ1) is 15.4. The van der Waals surface area contributed by atoms with Crippen LogP contribution in [0.2, 0.25) is 0 Å². The Morgan fingerprint density at radius 2 is 1.86 bits per heavy atom. The fourth-order valence-electron chi connectivity index (χ4n) is 1.84. The quantitative estimate of drug-likeness (QED) is 0.741. The topological polar surface area (TPSA) is 58.6 Å². The van der Waals surface area contributed by atoms with Crippen LogP contribution in [-0.4, -0.2) is 24.2 Å². The predicted molar refractivity (Wildman–Crippen MR) is 86.1 cm³/mol. The summed E-state index contributed by atoms with van der Waals surface area (Å²) in [6.07, 6.45) is 0.782. The van der Waals surface area contributed by atoms with Gasteiger partial charge in [-0.15, -0.1) is 0 Å². The highest BCUT2D eigenvalue weighted by molar-refractivity contribution is 9.10. The smallest absolute Gasteiger partial charge is 0.337 e. The van der Waals surface area contributed by atoms with E-state index < -0.39 is 5.97 Å². The molecule has 0 aromatic heterocycles. The van der Waals surface area contributed by atoms with Crippen LogP contribution in [0, 0.1) is 0 Å². The van der Waals surface area contributed by atoms with Crippen molar-refractivity contribution in [1.82, 2.24) is 0 Å². The Kier molecular flexibility index (Phi) is 5.63. The van der Waals surface area contributed by atoms with Crippen molar-refractivity contribution in [1.29, 1.82) is 0 Å². The van der Waals surface area contributed by atoms with Crippen LogP contribution in [0.1, 0.15) is 16.8 Å². The number of ether oxygens (including phenoxy) is 1. The van der Waals surface area contributed by atoms with E-state index in [1.54, 1.807) is 18.2 Å². The zero-order chi connectivity index (χ0) is 15.1. The van der Waals surface area contributed by atoms with Crippen molar-refractivity contribution < 1.29 is 14.6 Å². The van der Waals surface area contributed by atoms with Crippen LogP contribution in [0.4, 0.5) is 5.69 Å². The number of anilines is 1. The molecule has 0 aliphatic carbocycles. The molecule has 0 radical (unpaired) electrons. The van der Waals surface area contributed by atoms with E-state index in [0.717, 1.165) is 16.6 Å². The third-order valence-corrected chi connectivity index (χ3v) is 3.41. The largest absolute Gasteiger partial charge is 0.494 e. The number of benzene rings is 2. The molecular formula is C16H16BrNO3. The second-order valence-corrected chi connectivity index (χ2v) is 5.35. The molecule has 0 saturated carbocycles. The summed E-state index contributed by atoms with van der Waals surface area (Å²) in [5.41, 5.74) is 0.917. The Labute approximate surface area is 131 Å². The summed E-state index contributed by atoms with van der Waals surface area (Å²) < 4.78 is 6.62. The van der Waals surface area contributed by atoms with Crippen LogP contribution < -0.4 is 10.1 Å². The van der Waals surface area contributed by atoms with E-state index in [0.29, 0.717) is 18.8 Å². The number of carboxylic acids is 1. The molecule has 4 nitrogen and oxygen atoms in total. The molecule has 2 rings (SSSR count). The maximum absolute atomic E-state index is 11.1. The van der Waals surface area contributed by atoms with Crippen LogP contribution >= 0.6 is 15.9 Å². The molecule has 0 amide bonds. The molecule has 0 aliphatic rings. The van der Waals surface area contributed by atoms with Gasteiger partial charge in [-0.25, -0.2) is 4.79 Å². The van der Waals surface area contributed by atoms with Gasteiger partial charge in [-0.2, -0.15) is 0 Å². The van der Waals surface area contributed by atoms with Crippen LogP contribution in [0.25, 0.3) is 0 Å². The van der Waals surface area contributed by atoms with Crippen molar-refractivity contribution >= 4 is 27.6 Å². The van der Waals surface area contributed by atoms with Crippen molar-refractivity contribution in [3.8, 4) is 5.75 Å². The van der Waals surface area contributed by atoms with Crippen molar-refractivity contribution in [3.63, 3.8) is 0 Å². The molecule has 0 atom stereocenters. The fraction of sp³-hybridized carbons (Fsp3) is 0.188. The van der Waals surface area contributed by atoms with Gasteiger partial charge in [-0.3, -0.25) is 0 Å². The molecule has 0 unspecified atom stereocenters. The second kappa shape index (κ2) is 7.69. The molecule has 2 aromatic rings. The number of hydrogen-bond donors (Lipinski definition) is 2. The van der Waals surface area contributed by atoms with E-state index >= 15 is 0 Å². The van der Waals surface area contributed by atoms with Crippen molar-refractivity contribution in [2.75, 3.05) is 18.5 Å². The van der Waals surface area contributed by atoms with Crippen LogP contribution in [0.3, 0.4) is 0 Å². The number of hydrogen-bond acceptors (Lipinski definition) is 3. The van der Waals surface area contributed by atoms with Gasteiger partial charge in [0.1, 0.15) is 5.75 Å². The van der Waals surface area contributed by atoms with E-state index in [1.165, 1.54) is 0 Å². The van der Waals surface area contributed by atoms with Crippen molar-refractivity contribution in [2.24, 2.45) is 0 Å². The third-order valence-electron chi connectivity index (χ3n) is 2.88. The molecule has 0 spiro atoms. The third kappa shape index (κ3) is 4.79. The standard InChI is InChI=1S/C16H16BrNO3/c17-12-6-8-13(9-7-12)21-11-3-10-18-15-5-2-1-4-14(15)16(19)20/h1-2,4-9,18H,3,10-11H2,(H,19,20). The van der Waals surface area contributed by atoms with E-state index in [4.69, 9.17) is 9.84 Å². The van der Waals surface area contributed by atoms with Gasteiger partial charge in [0.2, 0.25) is 0 Å². The van der Waals surface area contributed by atoms with Gasteiger partial charge in [0, 0.05) is 16.7 Å². The van der Waals surface area contributed by atoms with Crippen molar-refractivity contribution in [3.05, 3.63) is 58.6 Å². The van der Waals surface area contributed by atoms with Crippen LogP contribution in [0.5, 0.6) is 5.75 Å². The highest BCUT2D eigenvalue weighted by Crippen LogP contribution is 2.17. The van der Waals surface area contributed by atoms with Gasteiger partial charge in [0.05, 0.1) is 12.2 Å². The first-order valence-electron chi connectivity index (χ1n) is 6.61. The number of aromatic carboxylic acids is 1. The molecule has 5 heteroatoms. The maximum Gasteiger partial charge on any atom is 0.337 e. The molecule has 0 saturated heterocycles.